The van der Waals surface area contributed by atoms with Crippen molar-refractivity contribution in [2.24, 2.45) is 0 Å². The summed E-state index contributed by atoms with van der Waals surface area (Å²) in [6.07, 6.45) is 0.729. The van der Waals surface area contributed by atoms with Crippen LogP contribution in [0, 0.1) is 0 Å². The van der Waals surface area contributed by atoms with E-state index in [1.165, 1.54) is 4.90 Å². The number of para-hydroxylation sites is 1. The second kappa shape index (κ2) is 10.2. The fourth-order valence-electron chi connectivity index (χ4n) is 3.97. The highest BCUT2D eigenvalue weighted by Gasteiger charge is 2.42. The van der Waals surface area contributed by atoms with Crippen molar-refractivity contribution in [2.45, 2.75) is 20.3 Å². The Kier molecular flexibility index (Phi) is 6.87. The zero-order valence-electron chi connectivity index (χ0n) is 19.2. The molecule has 0 unspecified atom stereocenters. The normalized spacial score (nSPS) is 13.4. The lowest BCUT2D eigenvalue weighted by Crippen LogP contribution is -2.35. The first-order chi connectivity index (χ1) is 16.6. The van der Waals surface area contributed by atoms with Crippen LogP contribution in [0.3, 0.4) is 0 Å². The predicted molar refractivity (Wildman–Crippen MR) is 132 cm³/mol. The summed E-state index contributed by atoms with van der Waals surface area (Å²) in [5, 5.41) is 0. The number of benzene rings is 3. The topological polar surface area (TPSA) is 66.9 Å². The number of nitrogens with zero attached hydrogens (tertiary/aromatic N) is 2. The number of ether oxygens (including phenoxy) is 1. The number of hydrogen-bond acceptors (Lipinski definition) is 5. The molecule has 3 aromatic rings. The maximum atomic E-state index is 13.7. The maximum Gasteiger partial charge on any atom is 0.338 e. The summed E-state index contributed by atoms with van der Waals surface area (Å²) < 4.78 is 5.17. The van der Waals surface area contributed by atoms with Crippen molar-refractivity contribution in [1.29, 1.82) is 0 Å². The Morgan fingerprint density at radius 2 is 1.44 bits per heavy atom. The Morgan fingerprint density at radius 1 is 0.824 bits per heavy atom. The van der Waals surface area contributed by atoms with E-state index in [0.717, 1.165) is 12.1 Å². The molecule has 0 radical (unpaired) electrons. The molecule has 172 valence electrons. The van der Waals surface area contributed by atoms with Gasteiger partial charge in [-0.25, -0.2) is 9.69 Å². The van der Waals surface area contributed by atoms with Crippen molar-refractivity contribution < 1.29 is 19.1 Å². The number of anilines is 2. The van der Waals surface area contributed by atoms with E-state index < -0.39 is 17.8 Å². The number of likely N-dealkylation sites (N-methyl/N-ethyl adjacent to an activating group) is 1. The van der Waals surface area contributed by atoms with Gasteiger partial charge in [0.05, 0.1) is 23.4 Å². The fraction of sp³-hybridized carbons (Fsp3) is 0.179. The zero-order chi connectivity index (χ0) is 24.1. The highest BCUT2D eigenvalue weighted by Crippen LogP contribution is 2.36. The summed E-state index contributed by atoms with van der Waals surface area (Å²) in [5.74, 6) is -1.24. The maximum absolute atomic E-state index is 13.7. The summed E-state index contributed by atoms with van der Waals surface area (Å²) in [6.45, 7) is 4.71. The number of imide groups is 1. The Balaban J connectivity index is 1.75. The van der Waals surface area contributed by atoms with E-state index in [1.54, 1.807) is 24.3 Å². The van der Waals surface area contributed by atoms with Crippen molar-refractivity contribution in [2.75, 3.05) is 23.0 Å². The number of rotatable bonds is 8. The molecule has 0 aromatic heterocycles. The van der Waals surface area contributed by atoms with Gasteiger partial charge < -0.3 is 9.64 Å². The summed E-state index contributed by atoms with van der Waals surface area (Å²) in [7, 11) is 0. The molecule has 0 N–H and O–H groups in total. The molecule has 1 aliphatic rings. The lowest BCUT2D eigenvalue weighted by Gasteiger charge is -2.25. The highest BCUT2D eigenvalue weighted by atomic mass is 16.5. The molecule has 0 aliphatic carbocycles. The predicted octanol–water partition coefficient (Wildman–Crippen LogP) is 5.06. The van der Waals surface area contributed by atoms with Gasteiger partial charge in [0.1, 0.15) is 5.70 Å². The molecule has 0 atom stereocenters. The van der Waals surface area contributed by atoms with Gasteiger partial charge in [-0.05, 0) is 55.3 Å². The molecule has 0 saturated carbocycles. The van der Waals surface area contributed by atoms with E-state index in [4.69, 9.17) is 4.74 Å². The van der Waals surface area contributed by atoms with Crippen LogP contribution >= 0.6 is 0 Å². The second-order valence-electron chi connectivity index (χ2n) is 7.80. The van der Waals surface area contributed by atoms with Crippen molar-refractivity contribution in [3.05, 3.63) is 102 Å². The van der Waals surface area contributed by atoms with Crippen LogP contribution in [0.4, 0.5) is 11.4 Å². The Morgan fingerprint density at radius 3 is 2.03 bits per heavy atom. The standard InChI is InChI=1S/C28H26N2O4/c1-3-19-34-28(33)21-15-17-23(18-16-21)30-26(31)24(20-11-7-5-8-12-20)25(27(30)32)29(4-2)22-13-9-6-10-14-22/h5-18H,3-4,19H2,1-2H3. The number of amides is 2. The van der Waals surface area contributed by atoms with Crippen molar-refractivity contribution in [1.82, 2.24) is 0 Å². The molecular formula is C28H26N2O4. The van der Waals surface area contributed by atoms with Crippen LogP contribution in [0.5, 0.6) is 0 Å². The molecule has 0 saturated heterocycles. The quantitative estimate of drug-likeness (QED) is 0.351. The van der Waals surface area contributed by atoms with E-state index >= 15 is 0 Å². The molecule has 4 rings (SSSR count). The van der Waals surface area contributed by atoms with Crippen LogP contribution in [0.1, 0.15) is 36.2 Å². The van der Waals surface area contributed by atoms with Gasteiger partial charge in [-0.15, -0.1) is 0 Å². The molecule has 3 aromatic carbocycles. The van der Waals surface area contributed by atoms with E-state index in [9.17, 15) is 14.4 Å². The lowest BCUT2D eigenvalue weighted by atomic mass is 10.0. The third-order valence-corrected chi connectivity index (χ3v) is 5.57. The van der Waals surface area contributed by atoms with Crippen LogP contribution in [0.15, 0.2) is 90.6 Å². The largest absolute Gasteiger partial charge is 0.462 e. The first kappa shape index (κ1) is 23.0. The zero-order valence-corrected chi connectivity index (χ0v) is 19.2. The van der Waals surface area contributed by atoms with Crippen LogP contribution < -0.4 is 9.80 Å². The molecular weight excluding hydrogens is 428 g/mol. The average molecular weight is 455 g/mol. The Hall–Kier alpha value is -4.19. The lowest BCUT2D eigenvalue weighted by molar-refractivity contribution is -0.120. The highest BCUT2D eigenvalue weighted by molar-refractivity contribution is 6.46. The molecule has 0 fully saturated rings. The molecule has 34 heavy (non-hydrogen) atoms. The second-order valence-corrected chi connectivity index (χ2v) is 7.80. The molecule has 1 aliphatic heterocycles. The van der Waals surface area contributed by atoms with Crippen LogP contribution in [0.2, 0.25) is 0 Å². The minimum Gasteiger partial charge on any atom is -0.462 e. The number of carbonyl (C=O) groups excluding carboxylic acids is 3. The monoisotopic (exact) mass is 454 g/mol. The van der Waals surface area contributed by atoms with Crippen molar-refractivity contribution >= 4 is 34.7 Å². The Labute approximate surface area is 199 Å². The van der Waals surface area contributed by atoms with Crippen molar-refractivity contribution in [3.63, 3.8) is 0 Å². The summed E-state index contributed by atoms with van der Waals surface area (Å²) in [4.78, 5) is 42.6. The fourth-order valence-corrected chi connectivity index (χ4v) is 3.97. The Bertz CT molecular complexity index is 1220. The average Bonchev–Trinajstić information content (AvgIpc) is 3.14. The first-order valence-electron chi connectivity index (χ1n) is 11.3. The smallest absolute Gasteiger partial charge is 0.338 e. The molecule has 0 bridgehead atoms. The first-order valence-corrected chi connectivity index (χ1v) is 11.3. The molecule has 6 heteroatoms. The van der Waals surface area contributed by atoms with E-state index in [-0.39, 0.29) is 0 Å². The van der Waals surface area contributed by atoms with Crippen LogP contribution in [0.25, 0.3) is 5.57 Å². The molecule has 0 spiro atoms. The summed E-state index contributed by atoms with van der Waals surface area (Å²) in [5.41, 5.74) is 2.94. The SMILES string of the molecule is CCCOC(=O)c1ccc(N2C(=O)C(c3ccccc3)=C(N(CC)c3ccccc3)C2=O)cc1. The summed E-state index contributed by atoms with van der Waals surface area (Å²) >= 11 is 0. The van der Waals surface area contributed by atoms with E-state index in [1.807, 2.05) is 79.4 Å². The van der Waals surface area contributed by atoms with E-state index in [2.05, 4.69) is 0 Å². The van der Waals surface area contributed by atoms with Gasteiger partial charge in [0, 0.05) is 12.2 Å². The summed E-state index contributed by atoms with van der Waals surface area (Å²) in [6, 6.07) is 25.1. The van der Waals surface area contributed by atoms with Crippen LogP contribution in [-0.4, -0.2) is 30.9 Å². The van der Waals surface area contributed by atoms with E-state index in [0.29, 0.717) is 41.2 Å². The molecule has 6 nitrogen and oxygen atoms in total. The molecule has 2 amide bonds. The number of hydrogen-bond donors (Lipinski definition) is 0. The molecule has 1 heterocycles. The van der Waals surface area contributed by atoms with Gasteiger partial charge in [0.15, 0.2) is 0 Å². The van der Waals surface area contributed by atoms with Gasteiger partial charge in [-0.3, -0.25) is 9.59 Å². The minimum absolute atomic E-state index is 0.330. The van der Waals surface area contributed by atoms with Gasteiger partial charge in [-0.1, -0.05) is 55.5 Å². The van der Waals surface area contributed by atoms with Crippen LogP contribution in [-0.2, 0) is 14.3 Å². The van der Waals surface area contributed by atoms with Gasteiger partial charge in [0.2, 0.25) is 0 Å². The number of carbonyl (C=O) groups is 3. The third-order valence-electron chi connectivity index (χ3n) is 5.57. The van der Waals surface area contributed by atoms with Crippen molar-refractivity contribution in [3.8, 4) is 0 Å². The van der Waals surface area contributed by atoms with Gasteiger partial charge in [-0.2, -0.15) is 0 Å². The number of esters is 1. The van der Waals surface area contributed by atoms with Gasteiger partial charge >= 0.3 is 5.97 Å². The minimum atomic E-state index is -0.433. The third kappa shape index (κ3) is 4.35. The van der Waals surface area contributed by atoms with Gasteiger partial charge in [0.25, 0.3) is 11.8 Å².